The molecule has 0 radical (unpaired) electrons. The molecular weight excluding hydrogens is 246 g/mol. The normalized spacial score (nSPS) is 12.8. The number of nitrogens with two attached hydrogens (primary N) is 1. The lowest BCUT2D eigenvalue weighted by Gasteiger charge is -2.08. The average molecular weight is 260 g/mol. The Morgan fingerprint density at radius 3 is 2.92 bits per heavy atom. The second-order valence-electron chi connectivity index (χ2n) is 3.29. The Labute approximate surface area is 91.8 Å². The molecule has 0 aliphatic rings. The van der Waals surface area contributed by atoms with Gasteiger partial charge in [0.25, 0.3) is 0 Å². The van der Waals surface area contributed by atoms with Crippen molar-refractivity contribution >= 4 is 27.3 Å². The molecule has 72 valence electrons. The fourth-order valence-corrected chi connectivity index (χ4v) is 2.33. The fourth-order valence-electron chi connectivity index (χ4n) is 1.09. The van der Waals surface area contributed by atoms with E-state index < -0.39 is 0 Å². The lowest BCUT2D eigenvalue weighted by atomic mass is 10.0. The van der Waals surface area contributed by atoms with E-state index >= 15 is 0 Å². The largest absolute Gasteiger partial charge is 0.324 e. The van der Waals surface area contributed by atoms with Crippen LogP contribution in [-0.2, 0) is 0 Å². The molecule has 1 unspecified atom stereocenters. The molecule has 1 heterocycles. The zero-order valence-corrected chi connectivity index (χ0v) is 10.1. The Kier molecular flexibility index (Phi) is 4.16. The van der Waals surface area contributed by atoms with Gasteiger partial charge in [-0.25, -0.2) is 0 Å². The molecule has 2 N–H and O–H groups in total. The van der Waals surface area contributed by atoms with Crippen LogP contribution in [0.25, 0.3) is 0 Å². The van der Waals surface area contributed by atoms with Crippen LogP contribution < -0.4 is 5.73 Å². The third kappa shape index (κ3) is 3.63. The Morgan fingerprint density at radius 2 is 2.46 bits per heavy atom. The van der Waals surface area contributed by atoms with E-state index in [2.05, 4.69) is 34.0 Å². The molecule has 1 aromatic heterocycles. The molecule has 0 fully saturated rings. The molecule has 0 amide bonds. The predicted molar refractivity (Wildman–Crippen MR) is 63.0 cm³/mol. The first kappa shape index (κ1) is 11.0. The molecule has 0 spiro atoms. The van der Waals surface area contributed by atoms with Crippen LogP contribution >= 0.6 is 27.3 Å². The summed E-state index contributed by atoms with van der Waals surface area (Å²) in [6.07, 6.45) is 1.99. The summed E-state index contributed by atoms with van der Waals surface area (Å²) in [6, 6.07) is 2.24. The number of halogens is 1. The highest BCUT2D eigenvalue weighted by Gasteiger charge is 2.07. The Hall–Kier alpha value is -0.120. The predicted octanol–water partition coefficient (Wildman–Crippen LogP) is 3.87. The van der Waals surface area contributed by atoms with Gasteiger partial charge >= 0.3 is 0 Å². The molecule has 0 aliphatic heterocycles. The van der Waals surface area contributed by atoms with E-state index in [9.17, 15) is 0 Å². The quantitative estimate of drug-likeness (QED) is 0.817. The second-order valence-corrected chi connectivity index (χ2v) is 5.58. The highest BCUT2D eigenvalue weighted by molar-refractivity contribution is 9.11. The maximum absolute atomic E-state index is 6.00. The molecule has 0 aliphatic carbocycles. The van der Waals surface area contributed by atoms with Gasteiger partial charge in [-0.05, 0) is 52.7 Å². The fraction of sp³-hybridized carbons (Fsp3) is 0.400. The van der Waals surface area contributed by atoms with Gasteiger partial charge in [-0.2, -0.15) is 0 Å². The highest BCUT2D eigenvalue weighted by atomic mass is 79.9. The van der Waals surface area contributed by atoms with Crippen LogP contribution in [0.4, 0.5) is 0 Å². The van der Waals surface area contributed by atoms with Crippen LogP contribution in [0.5, 0.6) is 0 Å². The molecule has 13 heavy (non-hydrogen) atoms. The van der Waals surface area contributed by atoms with Gasteiger partial charge < -0.3 is 5.73 Å². The van der Waals surface area contributed by atoms with Crippen molar-refractivity contribution in [2.24, 2.45) is 5.73 Å². The molecule has 1 nitrogen and oxygen atoms in total. The minimum atomic E-state index is 0.152. The summed E-state index contributed by atoms with van der Waals surface area (Å²) in [5.41, 5.74) is 8.42. The molecular formula is C10H14BrNS. The molecule has 3 heteroatoms. The van der Waals surface area contributed by atoms with Gasteiger partial charge in [-0.15, -0.1) is 17.9 Å². The summed E-state index contributed by atoms with van der Waals surface area (Å²) in [5.74, 6) is 0. The van der Waals surface area contributed by atoms with Crippen molar-refractivity contribution in [2.75, 3.05) is 0 Å². The lowest BCUT2D eigenvalue weighted by molar-refractivity contribution is 0.651. The third-order valence-corrected chi connectivity index (χ3v) is 3.42. The van der Waals surface area contributed by atoms with Crippen LogP contribution in [-0.4, -0.2) is 0 Å². The Balaban J connectivity index is 2.48. The zero-order valence-electron chi connectivity index (χ0n) is 7.72. The van der Waals surface area contributed by atoms with E-state index in [0.29, 0.717) is 0 Å². The number of hydrogen-bond donors (Lipinski definition) is 1. The molecule has 0 bridgehead atoms. The third-order valence-electron chi connectivity index (χ3n) is 1.90. The second kappa shape index (κ2) is 4.94. The maximum atomic E-state index is 6.00. The summed E-state index contributed by atoms with van der Waals surface area (Å²) in [4.78, 5) is 0. The zero-order chi connectivity index (χ0) is 9.84. The van der Waals surface area contributed by atoms with E-state index in [1.165, 1.54) is 11.1 Å². The summed E-state index contributed by atoms with van der Waals surface area (Å²) in [6.45, 7) is 5.90. The number of thiophene rings is 1. The van der Waals surface area contributed by atoms with E-state index in [1.54, 1.807) is 11.3 Å². The lowest BCUT2D eigenvalue weighted by Crippen LogP contribution is -2.08. The summed E-state index contributed by atoms with van der Waals surface area (Å²) in [5, 5.41) is 2.10. The van der Waals surface area contributed by atoms with E-state index in [-0.39, 0.29) is 6.04 Å². The van der Waals surface area contributed by atoms with Crippen LogP contribution in [0.15, 0.2) is 27.4 Å². The minimum absolute atomic E-state index is 0.152. The van der Waals surface area contributed by atoms with Crippen molar-refractivity contribution < 1.29 is 0 Å². The van der Waals surface area contributed by atoms with Crippen molar-refractivity contribution in [1.29, 1.82) is 0 Å². The minimum Gasteiger partial charge on any atom is -0.324 e. The summed E-state index contributed by atoms with van der Waals surface area (Å²) < 4.78 is 1.15. The van der Waals surface area contributed by atoms with Gasteiger partial charge in [0.05, 0.1) is 3.79 Å². The smallest absolute Gasteiger partial charge is 0.0701 e. The van der Waals surface area contributed by atoms with E-state index in [1.807, 2.05) is 6.92 Å². The van der Waals surface area contributed by atoms with Gasteiger partial charge in [-0.1, -0.05) is 5.57 Å². The van der Waals surface area contributed by atoms with Crippen molar-refractivity contribution in [1.82, 2.24) is 0 Å². The van der Waals surface area contributed by atoms with E-state index in [4.69, 9.17) is 5.73 Å². The topological polar surface area (TPSA) is 26.0 Å². The van der Waals surface area contributed by atoms with Gasteiger partial charge in [0.15, 0.2) is 0 Å². The SMILES string of the molecule is C=C(C)CCC(N)c1csc(Br)c1. The Bertz CT molecular complexity index is 293. The van der Waals surface area contributed by atoms with Crippen molar-refractivity contribution in [3.63, 3.8) is 0 Å². The monoisotopic (exact) mass is 259 g/mol. The van der Waals surface area contributed by atoms with Crippen LogP contribution in [0.2, 0.25) is 0 Å². The first-order chi connectivity index (χ1) is 6.09. The average Bonchev–Trinajstić information content (AvgIpc) is 2.47. The van der Waals surface area contributed by atoms with Gasteiger partial charge in [0, 0.05) is 6.04 Å². The van der Waals surface area contributed by atoms with Crippen LogP contribution in [0, 0.1) is 0 Å². The molecule has 1 aromatic rings. The number of hydrogen-bond acceptors (Lipinski definition) is 2. The summed E-state index contributed by atoms with van der Waals surface area (Å²) >= 11 is 5.11. The first-order valence-corrected chi connectivity index (χ1v) is 5.90. The highest BCUT2D eigenvalue weighted by Crippen LogP contribution is 2.26. The standard InChI is InChI=1S/C10H14BrNS/c1-7(2)3-4-9(12)8-5-10(11)13-6-8/h5-6,9H,1,3-4,12H2,2H3. The van der Waals surface area contributed by atoms with Crippen molar-refractivity contribution in [3.8, 4) is 0 Å². The first-order valence-electron chi connectivity index (χ1n) is 4.23. The molecule has 0 saturated carbocycles. The number of allylic oxidation sites excluding steroid dienone is 1. The number of rotatable bonds is 4. The van der Waals surface area contributed by atoms with Gasteiger partial charge in [-0.3, -0.25) is 0 Å². The molecule has 1 atom stereocenters. The molecule has 1 rings (SSSR count). The van der Waals surface area contributed by atoms with Crippen molar-refractivity contribution in [3.05, 3.63) is 32.9 Å². The molecule has 0 saturated heterocycles. The van der Waals surface area contributed by atoms with Gasteiger partial charge in [0.1, 0.15) is 0 Å². The Morgan fingerprint density at radius 1 is 1.77 bits per heavy atom. The van der Waals surface area contributed by atoms with Crippen LogP contribution in [0.1, 0.15) is 31.4 Å². The van der Waals surface area contributed by atoms with Crippen LogP contribution in [0.3, 0.4) is 0 Å². The van der Waals surface area contributed by atoms with E-state index in [0.717, 1.165) is 16.6 Å². The van der Waals surface area contributed by atoms with Crippen molar-refractivity contribution in [2.45, 2.75) is 25.8 Å². The maximum Gasteiger partial charge on any atom is 0.0701 e. The molecule has 0 aromatic carbocycles. The van der Waals surface area contributed by atoms with Gasteiger partial charge in [0.2, 0.25) is 0 Å². The summed E-state index contributed by atoms with van der Waals surface area (Å²) in [7, 11) is 0.